The zero-order valence-electron chi connectivity index (χ0n) is 17.3. The molecule has 0 bridgehead atoms. The Morgan fingerprint density at radius 3 is 2.34 bits per heavy atom. The molecule has 0 spiro atoms. The van der Waals surface area contributed by atoms with Crippen LogP contribution in [0.5, 0.6) is 5.75 Å². The fraction of sp³-hybridized carbons (Fsp3) is 0.0833. The van der Waals surface area contributed by atoms with Gasteiger partial charge in [-0.3, -0.25) is 10.2 Å². The highest BCUT2D eigenvalue weighted by Crippen LogP contribution is 2.25. The Labute approximate surface area is 189 Å². The van der Waals surface area contributed by atoms with Gasteiger partial charge in [0.2, 0.25) is 11.7 Å². The van der Waals surface area contributed by atoms with Gasteiger partial charge in [0, 0.05) is 11.1 Å². The first kappa shape index (κ1) is 21.3. The molecule has 0 aliphatic rings. The summed E-state index contributed by atoms with van der Waals surface area (Å²) < 4.78 is 11.2. The average molecular weight is 445 g/mol. The summed E-state index contributed by atoms with van der Waals surface area (Å²) in [7, 11) is 0. The molecule has 0 atom stereocenters. The van der Waals surface area contributed by atoms with E-state index < -0.39 is 0 Å². The number of hydrazone groups is 1. The molecule has 1 heterocycles. The first-order valence-electron chi connectivity index (χ1n) is 9.96. The van der Waals surface area contributed by atoms with Crippen LogP contribution in [0.3, 0.4) is 0 Å². The molecule has 0 unspecified atom stereocenters. The first-order chi connectivity index (χ1) is 15.7. The van der Waals surface area contributed by atoms with Crippen LogP contribution in [0.2, 0.25) is 0 Å². The third-order valence-electron chi connectivity index (χ3n) is 4.29. The van der Waals surface area contributed by atoms with Gasteiger partial charge in [0.15, 0.2) is 5.04 Å². The summed E-state index contributed by atoms with van der Waals surface area (Å²) in [6, 6.07) is 25.7. The number of benzene rings is 3. The van der Waals surface area contributed by atoms with Gasteiger partial charge >= 0.3 is 0 Å². The number of anilines is 1. The number of thioether (sulfide) groups is 1. The van der Waals surface area contributed by atoms with E-state index in [0.717, 1.165) is 23.1 Å². The molecule has 0 amide bonds. The van der Waals surface area contributed by atoms with Crippen molar-refractivity contribution in [2.24, 2.45) is 5.10 Å². The number of ether oxygens (including phenoxy) is 1. The second kappa shape index (κ2) is 10.4. The Bertz CT molecular complexity index is 1190. The zero-order valence-corrected chi connectivity index (χ0v) is 18.1. The van der Waals surface area contributed by atoms with Crippen molar-refractivity contribution in [3.05, 3.63) is 90.5 Å². The molecule has 4 rings (SSSR count). The molecular weight excluding hydrogens is 424 g/mol. The van der Waals surface area contributed by atoms with E-state index in [0.29, 0.717) is 23.7 Å². The lowest BCUT2D eigenvalue weighted by atomic mass is 10.1. The average Bonchev–Trinajstić information content (AvgIpc) is 3.32. The summed E-state index contributed by atoms with van der Waals surface area (Å²) in [6.45, 7) is 2.52. The molecule has 3 aromatic carbocycles. The summed E-state index contributed by atoms with van der Waals surface area (Å²) in [4.78, 5) is 13.1. The van der Waals surface area contributed by atoms with Gasteiger partial charge in [0.25, 0.3) is 5.22 Å². The van der Waals surface area contributed by atoms with Crippen molar-refractivity contribution >= 4 is 28.3 Å². The Balaban J connectivity index is 1.57. The van der Waals surface area contributed by atoms with Crippen molar-refractivity contribution in [1.29, 1.82) is 0 Å². The summed E-state index contributed by atoms with van der Waals surface area (Å²) >= 11 is 1.01. The van der Waals surface area contributed by atoms with Gasteiger partial charge in [-0.25, -0.2) is 0 Å². The second-order valence-corrected chi connectivity index (χ2v) is 7.46. The van der Waals surface area contributed by atoms with Crippen molar-refractivity contribution in [2.75, 3.05) is 12.0 Å². The van der Waals surface area contributed by atoms with Crippen LogP contribution in [0.15, 0.2) is 99.7 Å². The van der Waals surface area contributed by atoms with Crippen LogP contribution in [0.4, 0.5) is 5.69 Å². The fourth-order valence-corrected chi connectivity index (χ4v) is 3.44. The van der Waals surface area contributed by atoms with E-state index in [1.807, 2.05) is 67.6 Å². The van der Waals surface area contributed by atoms with Gasteiger partial charge in [-0.05, 0) is 55.1 Å². The SMILES string of the molecule is CCOc1ccc(N/N=C(\Sc2nnc(-c3ccccc3)o2)C(=O)c2ccccc2)cc1. The van der Waals surface area contributed by atoms with Gasteiger partial charge in [-0.15, -0.1) is 10.2 Å². The molecule has 4 aromatic rings. The van der Waals surface area contributed by atoms with Gasteiger partial charge < -0.3 is 9.15 Å². The Morgan fingerprint density at radius 1 is 0.969 bits per heavy atom. The molecule has 1 aromatic heterocycles. The van der Waals surface area contributed by atoms with Crippen LogP contribution in [-0.4, -0.2) is 27.6 Å². The van der Waals surface area contributed by atoms with Crippen molar-refractivity contribution in [3.63, 3.8) is 0 Å². The monoisotopic (exact) mass is 444 g/mol. The number of aromatic nitrogens is 2. The smallest absolute Gasteiger partial charge is 0.283 e. The number of hydrogen-bond acceptors (Lipinski definition) is 8. The standard InChI is InChI=1S/C24H20N4O3S/c1-2-30-20-15-13-19(14-16-20)25-27-23(21(29)17-9-5-3-6-10-17)32-24-28-26-22(31-24)18-11-7-4-8-12-18/h3-16,25H,2H2,1H3/b27-23-. The van der Waals surface area contributed by atoms with Gasteiger partial charge in [0.05, 0.1) is 12.3 Å². The largest absolute Gasteiger partial charge is 0.494 e. The van der Waals surface area contributed by atoms with E-state index >= 15 is 0 Å². The van der Waals surface area contributed by atoms with Crippen molar-refractivity contribution < 1.29 is 13.9 Å². The number of ketones is 1. The summed E-state index contributed by atoms with van der Waals surface area (Å²) in [5.74, 6) is 0.879. The summed E-state index contributed by atoms with van der Waals surface area (Å²) in [6.07, 6.45) is 0. The van der Waals surface area contributed by atoms with E-state index in [9.17, 15) is 4.79 Å². The number of nitrogens with zero attached hydrogens (tertiary/aromatic N) is 3. The molecule has 1 N–H and O–H groups in total. The highest BCUT2D eigenvalue weighted by molar-refractivity contribution is 8.15. The minimum atomic E-state index is -0.256. The maximum absolute atomic E-state index is 13.1. The normalized spacial score (nSPS) is 11.2. The predicted molar refractivity (Wildman–Crippen MR) is 125 cm³/mol. The third-order valence-corrected chi connectivity index (χ3v) is 5.10. The van der Waals surface area contributed by atoms with Crippen molar-refractivity contribution in [2.45, 2.75) is 12.1 Å². The first-order valence-corrected chi connectivity index (χ1v) is 10.8. The highest BCUT2D eigenvalue weighted by atomic mass is 32.2. The van der Waals surface area contributed by atoms with Crippen LogP contribution in [0.1, 0.15) is 17.3 Å². The summed E-state index contributed by atoms with van der Waals surface area (Å²) in [5, 5.41) is 12.9. The Hall–Kier alpha value is -3.91. The third kappa shape index (κ3) is 5.41. The predicted octanol–water partition coefficient (Wildman–Crippen LogP) is 5.54. The summed E-state index contributed by atoms with van der Waals surface area (Å²) in [5.41, 5.74) is 4.94. The molecule has 0 saturated carbocycles. The maximum Gasteiger partial charge on any atom is 0.283 e. The number of rotatable bonds is 8. The van der Waals surface area contributed by atoms with Gasteiger partial charge in [0.1, 0.15) is 5.75 Å². The van der Waals surface area contributed by atoms with Gasteiger partial charge in [-0.2, -0.15) is 5.10 Å². The number of nitrogens with one attached hydrogen (secondary N) is 1. The minimum absolute atomic E-state index is 0.174. The van der Waals surface area contributed by atoms with Crippen LogP contribution < -0.4 is 10.2 Å². The second-order valence-electron chi connectivity index (χ2n) is 6.52. The van der Waals surface area contributed by atoms with E-state index in [1.165, 1.54) is 0 Å². The van der Waals surface area contributed by atoms with Crippen LogP contribution in [0.25, 0.3) is 11.5 Å². The quantitative estimate of drug-likeness (QED) is 0.126. The molecule has 0 fully saturated rings. The molecule has 160 valence electrons. The molecule has 0 saturated heterocycles. The molecular formula is C24H20N4O3S. The number of carbonyl (C=O) groups excluding carboxylic acids is 1. The number of carbonyl (C=O) groups is 1. The molecule has 0 aliphatic carbocycles. The molecule has 8 heteroatoms. The molecule has 32 heavy (non-hydrogen) atoms. The van der Waals surface area contributed by atoms with Crippen LogP contribution >= 0.6 is 11.8 Å². The Morgan fingerprint density at radius 2 is 1.66 bits per heavy atom. The molecule has 0 radical (unpaired) electrons. The van der Waals surface area contributed by atoms with Crippen molar-refractivity contribution in [3.8, 4) is 17.2 Å². The lowest BCUT2D eigenvalue weighted by molar-refractivity contribution is 0.106. The van der Waals surface area contributed by atoms with E-state index in [4.69, 9.17) is 9.15 Å². The highest BCUT2D eigenvalue weighted by Gasteiger charge is 2.20. The zero-order chi connectivity index (χ0) is 22.2. The lowest BCUT2D eigenvalue weighted by Crippen LogP contribution is -2.13. The van der Waals surface area contributed by atoms with Crippen LogP contribution in [-0.2, 0) is 0 Å². The van der Waals surface area contributed by atoms with E-state index in [-0.39, 0.29) is 16.0 Å². The van der Waals surface area contributed by atoms with Crippen molar-refractivity contribution in [1.82, 2.24) is 10.2 Å². The Kier molecular flexibility index (Phi) is 6.94. The van der Waals surface area contributed by atoms with E-state index in [1.54, 1.807) is 24.3 Å². The topological polar surface area (TPSA) is 89.6 Å². The minimum Gasteiger partial charge on any atom is -0.494 e. The molecule has 7 nitrogen and oxygen atoms in total. The maximum atomic E-state index is 13.1. The lowest BCUT2D eigenvalue weighted by Gasteiger charge is -2.06. The molecule has 0 aliphatic heterocycles. The number of hydrogen-bond donors (Lipinski definition) is 1. The van der Waals surface area contributed by atoms with E-state index in [2.05, 4.69) is 20.7 Å². The number of Topliss-reactive ketones (excluding diaryl/α,β-unsaturated/α-hetero) is 1. The van der Waals surface area contributed by atoms with Crippen LogP contribution in [0, 0.1) is 0 Å². The fourth-order valence-electron chi connectivity index (χ4n) is 2.77. The van der Waals surface area contributed by atoms with Gasteiger partial charge in [-0.1, -0.05) is 48.5 Å².